The predicted octanol–water partition coefficient (Wildman–Crippen LogP) is 8.37. The molecule has 2 aliphatic carbocycles. The Hall–Kier alpha value is -1.77. The van der Waals surface area contributed by atoms with Crippen LogP contribution in [0.4, 0.5) is 0 Å². The number of ketones is 3. The maximum absolute atomic E-state index is 13.3. The summed E-state index contributed by atoms with van der Waals surface area (Å²) in [7, 11) is 0. The van der Waals surface area contributed by atoms with E-state index in [0.29, 0.717) is 6.42 Å². The molecule has 0 bridgehead atoms. The molecule has 1 fully saturated rings. The Morgan fingerprint density at radius 1 is 1.06 bits per heavy atom. The molecule has 0 amide bonds. The van der Waals surface area contributed by atoms with Gasteiger partial charge in [-0.25, -0.2) is 0 Å². The normalized spacial score (nSPS) is 20.4. The standard InChI is InChI=1S/C29H42O3.C3H8/c1-6-10-22(24(7-2)26(31)15-19(3)30)16-21-17-23-11-12-25(29(5)13-8-9-14-29)20(4)28(23)27(32)18-21;1-3-2/h11-12,21-22,24H,6-10,13-18H2,1-5H3;3H2,1-2H3. The average molecular weight is 483 g/mol. The molecule has 1 saturated carbocycles. The zero-order chi connectivity index (χ0) is 26.2. The van der Waals surface area contributed by atoms with Gasteiger partial charge >= 0.3 is 0 Å². The lowest BCUT2D eigenvalue weighted by molar-refractivity contribution is -0.129. The second kappa shape index (κ2) is 13.5. The summed E-state index contributed by atoms with van der Waals surface area (Å²) in [5.41, 5.74) is 4.99. The van der Waals surface area contributed by atoms with Crippen molar-refractivity contribution in [2.24, 2.45) is 17.8 Å². The highest BCUT2D eigenvalue weighted by Gasteiger charge is 2.36. The van der Waals surface area contributed by atoms with E-state index in [4.69, 9.17) is 0 Å². The fourth-order valence-corrected chi connectivity index (χ4v) is 6.80. The molecule has 3 atom stereocenters. The van der Waals surface area contributed by atoms with Gasteiger partial charge < -0.3 is 0 Å². The Morgan fingerprint density at radius 2 is 1.69 bits per heavy atom. The van der Waals surface area contributed by atoms with Crippen molar-refractivity contribution in [3.63, 3.8) is 0 Å². The number of fused-ring (bicyclic) bond motifs is 1. The molecule has 0 heterocycles. The molecule has 0 aromatic heterocycles. The maximum Gasteiger partial charge on any atom is 0.163 e. The molecular formula is C32H50O3. The first-order valence-electron chi connectivity index (χ1n) is 14.3. The van der Waals surface area contributed by atoms with E-state index in [9.17, 15) is 14.4 Å². The Bertz CT molecular complexity index is 875. The largest absolute Gasteiger partial charge is 0.300 e. The van der Waals surface area contributed by atoms with E-state index >= 15 is 0 Å². The smallest absolute Gasteiger partial charge is 0.163 e. The molecule has 3 rings (SSSR count). The monoisotopic (exact) mass is 482 g/mol. The first kappa shape index (κ1) is 29.5. The molecule has 0 saturated heterocycles. The number of benzene rings is 1. The highest BCUT2D eigenvalue weighted by molar-refractivity contribution is 6.00. The summed E-state index contributed by atoms with van der Waals surface area (Å²) in [6.07, 6.45) is 11.5. The van der Waals surface area contributed by atoms with Gasteiger partial charge in [-0.05, 0) is 79.9 Å². The summed E-state index contributed by atoms with van der Waals surface area (Å²) in [6, 6.07) is 4.52. The molecule has 0 N–H and O–H groups in total. The molecule has 0 spiro atoms. The average Bonchev–Trinajstić information content (AvgIpc) is 3.21. The minimum atomic E-state index is -0.0678. The first-order valence-corrected chi connectivity index (χ1v) is 14.3. The van der Waals surface area contributed by atoms with Gasteiger partial charge in [-0.3, -0.25) is 14.4 Å². The van der Waals surface area contributed by atoms with Crippen molar-refractivity contribution in [1.82, 2.24) is 0 Å². The van der Waals surface area contributed by atoms with E-state index in [-0.39, 0.29) is 46.9 Å². The molecule has 3 unspecified atom stereocenters. The van der Waals surface area contributed by atoms with Crippen molar-refractivity contribution in [1.29, 1.82) is 0 Å². The van der Waals surface area contributed by atoms with E-state index in [1.54, 1.807) is 0 Å². The molecule has 35 heavy (non-hydrogen) atoms. The van der Waals surface area contributed by atoms with Gasteiger partial charge in [-0.15, -0.1) is 0 Å². The molecule has 3 heteroatoms. The molecule has 3 nitrogen and oxygen atoms in total. The second-order valence-corrected chi connectivity index (χ2v) is 11.6. The molecular weight excluding hydrogens is 432 g/mol. The Labute approximate surface area is 214 Å². The number of hydrogen-bond donors (Lipinski definition) is 0. The summed E-state index contributed by atoms with van der Waals surface area (Å²) in [5, 5.41) is 0. The Kier molecular flexibility index (Phi) is 11.4. The molecule has 1 aromatic carbocycles. The first-order chi connectivity index (χ1) is 16.6. The minimum absolute atomic E-state index is 0.0475. The van der Waals surface area contributed by atoms with Crippen LogP contribution < -0.4 is 0 Å². The van der Waals surface area contributed by atoms with Crippen molar-refractivity contribution in [3.05, 3.63) is 34.4 Å². The van der Waals surface area contributed by atoms with Crippen molar-refractivity contribution in [2.75, 3.05) is 0 Å². The van der Waals surface area contributed by atoms with Crippen LogP contribution >= 0.6 is 0 Å². The number of Topliss-reactive ketones (excluding diaryl/α,β-unsaturated/α-hetero) is 3. The Balaban J connectivity index is 0.00000137. The third kappa shape index (κ3) is 7.37. The van der Waals surface area contributed by atoms with Crippen molar-refractivity contribution < 1.29 is 14.4 Å². The van der Waals surface area contributed by atoms with E-state index < -0.39 is 0 Å². The molecule has 0 aliphatic heterocycles. The van der Waals surface area contributed by atoms with Crippen LogP contribution in [0.2, 0.25) is 0 Å². The number of hydrogen-bond acceptors (Lipinski definition) is 3. The predicted molar refractivity (Wildman–Crippen MR) is 146 cm³/mol. The fourth-order valence-electron chi connectivity index (χ4n) is 6.80. The lowest BCUT2D eigenvalue weighted by Crippen LogP contribution is -2.30. The van der Waals surface area contributed by atoms with Gasteiger partial charge in [0.05, 0.1) is 6.42 Å². The number of rotatable bonds is 10. The van der Waals surface area contributed by atoms with Crippen LogP contribution in [0.25, 0.3) is 0 Å². The van der Waals surface area contributed by atoms with Crippen LogP contribution in [0.1, 0.15) is 139 Å². The van der Waals surface area contributed by atoms with Crippen LogP contribution in [-0.4, -0.2) is 17.3 Å². The van der Waals surface area contributed by atoms with Gasteiger partial charge in [0.15, 0.2) is 5.78 Å². The second-order valence-electron chi connectivity index (χ2n) is 11.6. The maximum atomic E-state index is 13.3. The minimum Gasteiger partial charge on any atom is -0.300 e. The van der Waals surface area contributed by atoms with Crippen LogP contribution in [0.15, 0.2) is 12.1 Å². The van der Waals surface area contributed by atoms with Gasteiger partial charge in [0.25, 0.3) is 0 Å². The van der Waals surface area contributed by atoms with Crippen LogP contribution in [0.5, 0.6) is 0 Å². The fraction of sp³-hybridized carbons (Fsp3) is 0.719. The van der Waals surface area contributed by atoms with Crippen LogP contribution in [0.3, 0.4) is 0 Å². The summed E-state index contributed by atoms with van der Waals surface area (Å²) in [4.78, 5) is 37.6. The van der Waals surface area contributed by atoms with E-state index in [1.165, 1.54) is 55.7 Å². The van der Waals surface area contributed by atoms with E-state index in [1.807, 2.05) is 0 Å². The lowest BCUT2D eigenvalue weighted by Gasteiger charge is -2.33. The van der Waals surface area contributed by atoms with Gasteiger partial charge in [0.1, 0.15) is 11.6 Å². The zero-order valence-corrected chi connectivity index (χ0v) is 23.6. The summed E-state index contributed by atoms with van der Waals surface area (Å²) in [6.45, 7) is 14.5. The highest BCUT2D eigenvalue weighted by atomic mass is 16.1. The van der Waals surface area contributed by atoms with E-state index in [2.05, 4.69) is 53.7 Å². The number of carbonyl (C=O) groups excluding carboxylic acids is 3. The van der Waals surface area contributed by atoms with Gasteiger partial charge in [-0.2, -0.15) is 0 Å². The third-order valence-corrected chi connectivity index (χ3v) is 8.31. The summed E-state index contributed by atoms with van der Waals surface area (Å²) < 4.78 is 0. The molecule has 2 aliphatic rings. The third-order valence-electron chi connectivity index (χ3n) is 8.31. The summed E-state index contributed by atoms with van der Waals surface area (Å²) in [5.74, 6) is 0.809. The molecule has 1 aromatic rings. The Morgan fingerprint density at radius 3 is 2.23 bits per heavy atom. The van der Waals surface area contributed by atoms with Crippen LogP contribution in [0, 0.1) is 24.7 Å². The van der Waals surface area contributed by atoms with Gasteiger partial charge in [-0.1, -0.05) is 78.9 Å². The molecule has 0 radical (unpaired) electrons. The highest BCUT2D eigenvalue weighted by Crippen LogP contribution is 2.44. The SMILES string of the molecule is CCC.CCCC(CC1CC(=O)c2c(ccc(C3(C)CCCC3)c2C)C1)C(CC)C(=O)CC(C)=O. The zero-order valence-electron chi connectivity index (χ0n) is 23.6. The topological polar surface area (TPSA) is 51.2 Å². The number of carbonyl (C=O) groups is 3. The quantitative estimate of drug-likeness (QED) is 0.315. The van der Waals surface area contributed by atoms with Crippen molar-refractivity contribution >= 4 is 17.3 Å². The van der Waals surface area contributed by atoms with E-state index in [0.717, 1.165) is 37.7 Å². The summed E-state index contributed by atoms with van der Waals surface area (Å²) >= 11 is 0. The van der Waals surface area contributed by atoms with Crippen molar-refractivity contribution in [2.45, 2.75) is 131 Å². The van der Waals surface area contributed by atoms with Gasteiger partial charge in [0.2, 0.25) is 0 Å². The lowest BCUT2D eigenvalue weighted by atomic mass is 9.70. The van der Waals surface area contributed by atoms with Crippen molar-refractivity contribution in [3.8, 4) is 0 Å². The molecule has 196 valence electrons. The van der Waals surface area contributed by atoms with Crippen LogP contribution in [-0.2, 0) is 21.4 Å². The van der Waals surface area contributed by atoms with Gasteiger partial charge in [0, 0.05) is 17.9 Å².